The number of para-hydroxylation sites is 1. The number of aromatic amines is 1. The lowest BCUT2D eigenvalue weighted by molar-refractivity contribution is 1.14. The second-order valence-corrected chi connectivity index (χ2v) is 2.92. The maximum absolute atomic E-state index is 11.1. The second kappa shape index (κ2) is 3.05. The Morgan fingerprint density at radius 1 is 1.38 bits per heavy atom. The van der Waals surface area contributed by atoms with Gasteiger partial charge in [0, 0.05) is 7.44 Å². The number of H-pyrrole nitrogens is 1. The highest BCUT2D eigenvalue weighted by Gasteiger charge is 1.98. The molecular weight excluding hydrogens is 162 g/mol. The third-order valence-electron chi connectivity index (χ3n) is 2.10. The Hall–Kier alpha value is -1.57. The summed E-state index contributed by atoms with van der Waals surface area (Å²) in [4.78, 5) is 13.9. The van der Waals surface area contributed by atoms with Gasteiger partial charge in [0.2, 0.25) is 5.56 Å². The molecule has 13 heavy (non-hydrogen) atoms. The van der Waals surface area contributed by atoms with Crippen LogP contribution in [0.3, 0.4) is 0 Å². The van der Waals surface area contributed by atoms with Crippen molar-refractivity contribution in [2.45, 2.75) is 13.3 Å². The molecule has 2 aromatic rings. The van der Waals surface area contributed by atoms with Crippen molar-refractivity contribution in [3.63, 3.8) is 0 Å². The molecule has 2 heteroatoms. The van der Waals surface area contributed by atoms with E-state index in [-0.39, 0.29) is 12.0 Å². The largest absolute Gasteiger partial charge is 0.322 e. The van der Waals surface area contributed by atoms with Gasteiger partial charge in [-0.25, -0.2) is 0 Å². The first-order valence-electron chi connectivity index (χ1n) is 4.80. The van der Waals surface area contributed by atoms with Crippen molar-refractivity contribution >= 4 is 10.9 Å². The van der Waals surface area contributed by atoms with Gasteiger partial charge in [-0.05, 0) is 23.4 Å². The van der Waals surface area contributed by atoms with E-state index in [1.807, 2.05) is 18.2 Å². The predicted molar refractivity (Wildman–Crippen MR) is 53.9 cm³/mol. The summed E-state index contributed by atoms with van der Waals surface area (Å²) in [5.74, 6) is 0. The Kier molecular flexibility index (Phi) is 1.62. The monoisotopic (exact) mass is 174 g/mol. The summed E-state index contributed by atoms with van der Waals surface area (Å²) in [7, 11) is 0. The van der Waals surface area contributed by atoms with Gasteiger partial charge < -0.3 is 4.98 Å². The molecule has 0 aliphatic carbocycles. The number of rotatable bonds is 1. The highest BCUT2D eigenvalue weighted by atomic mass is 16.1. The number of aromatic nitrogens is 1. The third-order valence-corrected chi connectivity index (χ3v) is 2.10. The van der Waals surface area contributed by atoms with E-state index >= 15 is 0 Å². The van der Waals surface area contributed by atoms with Crippen molar-refractivity contribution < 1.29 is 1.37 Å². The summed E-state index contributed by atoms with van der Waals surface area (Å²) in [6.45, 7) is 1.79. The maximum Gasteiger partial charge on any atom is 0.248 e. The normalized spacial score (nSPS) is 14.1. The van der Waals surface area contributed by atoms with Crippen LogP contribution >= 0.6 is 0 Å². The summed E-state index contributed by atoms with van der Waals surface area (Å²) in [6, 6.07) is 8.98. The van der Waals surface area contributed by atoms with E-state index in [0.717, 1.165) is 16.5 Å². The minimum absolute atomic E-state index is 0.120. The first-order valence-corrected chi connectivity index (χ1v) is 4.22. The van der Waals surface area contributed by atoms with Crippen LogP contribution in [0.2, 0.25) is 0 Å². The van der Waals surface area contributed by atoms with Crippen molar-refractivity contribution in [3.05, 3.63) is 46.2 Å². The summed E-state index contributed by atoms with van der Waals surface area (Å²) in [6.07, 6.45) is -0.322. The molecule has 0 unspecified atom stereocenters. The van der Waals surface area contributed by atoms with E-state index in [4.69, 9.17) is 1.37 Å². The molecule has 2 rings (SSSR count). The highest BCUT2D eigenvalue weighted by molar-refractivity contribution is 5.81. The standard InChI is InChI=1S/C11H11NO/c1-2-8-4-3-5-9-6-7-10(13)12-11(8)9/h3-7H,2H2,1H3,(H,12,13)/i2D/t2-/m1/s1. The first kappa shape index (κ1) is 6.89. The van der Waals surface area contributed by atoms with Crippen LogP contribution < -0.4 is 5.56 Å². The fourth-order valence-electron chi connectivity index (χ4n) is 1.44. The molecule has 0 bridgehead atoms. The summed E-state index contributed by atoms with van der Waals surface area (Å²) < 4.78 is 7.65. The average Bonchev–Trinajstić information content (AvgIpc) is 2.16. The number of hydrogen-bond acceptors (Lipinski definition) is 1. The van der Waals surface area contributed by atoms with Crippen LogP contribution in [-0.2, 0) is 6.40 Å². The number of aryl methyl sites for hydroxylation is 1. The number of fused-ring (bicyclic) bond motifs is 1. The molecule has 0 saturated heterocycles. The third kappa shape index (κ3) is 1.35. The lowest BCUT2D eigenvalue weighted by Gasteiger charge is -2.02. The molecule has 1 aromatic heterocycles. The molecule has 0 aliphatic rings. The van der Waals surface area contributed by atoms with Crippen molar-refractivity contribution in [1.82, 2.24) is 4.98 Å². The zero-order valence-corrected chi connectivity index (χ0v) is 7.37. The molecular formula is C11H11NO. The van der Waals surface area contributed by atoms with Crippen LogP contribution in [0.25, 0.3) is 10.9 Å². The molecule has 1 atom stereocenters. The van der Waals surface area contributed by atoms with Crippen LogP contribution in [0.5, 0.6) is 0 Å². The van der Waals surface area contributed by atoms with Crippen molar-refractivity contribution in [3.8, 4) is 0 Å². The SMILES string of the molecule is [2H][C@H](C)c1cccc2ccc(=O)[nH]c12. The highest BCUT2D eigenvalue weighted by Crippen LogP contribution is 2.14. The number of hydrogen-bond donors (Lipinski definition) is 1. The molecule has 1 heterocycles. The fraction of sp³-hybridized carbons (Fsp3) is 0.182. The molecule has 0 spiro atoms. The topological polar surface area (TPSA) is 32.9 Å². The zero-order chi connectivity index (χ0) is 10.1. The van der Waals surface area contributed by atoms with Crippen LogP contribution in [0.1, 0.15) is 13.9 Å². The van der Waals surface area contributed by atoms with Gasteiger partial charge in [0.05, 0.1) is 5.52 Å². The van der Waals surface area contributed by atoms with Crippen molar-refractivity contribution in [2.75, 3.05) is 0 Å². The van der Waals surface area contributed by atoms with Crippen LogP contribution in [0, 0.1) is 0 Å². The second-order valence-electron chi connectivity index (χ2n) is 2.92. The van der Waals surface area contributed by atoms with Crippen LogP contribution in [0.4, 0.5) is 0 Å². The summed E-state index contributed by atoms with van der Waals surface area (Å²) in [5.41, 5.74) is 1.52. The first-order chi connectivity index (χ1) is 6.68. The van der Waals surface area contributed by atoms with Gasteiger partial charge >= 0.3 is 0 Å². The Labute approximate surface area is 77.6 Å². The van der Waals surface area contributed by atoms with Gasteiger partial charge in [0.15, 0.2) is 0 Å². The smallest absolute Gasteiger partial charge is 0.248 e. The van der Waals surface area contributed by atoms with Gasteiger partial charge in [-0.1, -0.05) is 25.1 Å². The number of pyridine rings is 1. The van der Waals surface area contributed by atoms with Gasteiger partial charge in [0.1, 0.15) is 0 Å². The molecule has 1 aromatic carbocycles. The van der Waals surface area contributed by atoms with Crippen molar-refractivity contribution in [2.24, 2.45) is 0 Å². The van der Waals surface area contributed by atoms with E-state index in [1.165, 1.54) is 6.07 Å². The number of nitrogens with one attached hydrogen (secondary N) is 1. The lowest BCUT2D eigenvalue weighted by atomic mass is 10.1. The molecule has 0 radical (unpaired) electrons. The molecule has 0 saturated carbocycles. The molecule has 1 N–H and O–H groups in total. The summed E-state index contributed by atoms with van der Waals surface area (Å²) in [5, 5.41) is 0.973. The maximum atomic E-state index is 11.1. The quantitative estimate of drug-likeness (QED) is 0.705. The molecule has 66 valence electrons. The Morgan fingerprint density at radius 2 is 2.23 bits per heavy atom. The fourth-order valence-corrected chi connectivity index (χ4v) is 1.44. The van der Waals surface area contributed by atoms with Gasteiger partial charge in [0.25, 0.3) is 0 Å². The van der Waals surface area contributed by atoms with Crippen LogP contribution in [-0.4, -0.2) is 4.98 Å². The van der Waals surface area contributed by atoms with Crippen LogP contribution in [0.15, 0.2) is 35.1 Å². The van der Waals surface area contributed by atoms with E-state index in [1.54, 1.807) is 13.0 Å². The van der Waals surface area contributed by atoms with Gasteiger partial charge in [-0.15, -0.1) is 0 Å². The predicted octanol–water partition coefficient (Wildman–Crippen LogP) is 2.09. The average molecular weight is 174 g/mol. The number of benzene rings is 1. The zero-order valence-electron chi connectivity index (χ0n) is 8.37. The van der Waals surface area contributed by atoms with E-state index in [0.29, 0.717) is 0 Å². The Balaban J connectivity index is 2.84. The van der Waals surface area contributed by atoms with Crippen molar-refractivity contribution in [1.29, 1.82) is 0 Å². The Bertz CT molecular complexity index is 516. The minimum Gasteiger partial charge on any atom is -0.322 e. The Morgan fingerprint density at radius 3 is 3.00 bits per heavy atom. The van der Waals surface area contributed by atoms with Gasteiger partial charge in [-0.3, -0.25) is 4.79 Å². The molecule has 0 aliphatic heterocycles. The molecule has 0 amide bonds. The minimum atomic E-state index is -0.322. The molecule has 2 nitrogen and oxygen atoms in total. The molecule has 0 fully saturated rings. The summed E-state index contributed by atoms with van der Waals surface area (Å²) >= 11 is 0. The van der Waals surface area contributed by atoms with E-state index in [2.05, 4.69) is 4.98 Å². The van der Waals surface area contributed by atoms with E-state index in [9.17, 15) is 4.79 Å². The lowest BCUT2D eigenvalue weighted by Crippen LogP contribution is -2.03. The van der Waals surface area contributed by atoms with Gasteiger partial charge in [-0.2, -0.15) is 0 Å². The van der Waals surface area contributed by atoms with E-state index < -0.39 is 0 Å².